The Morgan fingerprint density at radius 1 is 1.09 bits per heavy atom. The van der Waals surface area contributed by atoms with Crippen molar-refractivity contribution in [3.05, 3.63) is 47.8 Å². The van der Waals surface area contributed by atoms with Crippen LogP contribution in [0.25, 0.3) is 0 Å². The Hall–Kier alpha value is -2.21. The molecule has 6 heteroatoms. The highest BCUT2D eigenvalue weighted by Gasteiger charge is 2.60. The summed E-state index contributed by atoms with van der Waals surface area (Å²) in [6, 6.07) is 4.33. The van der Waals surface area contributed by atoms with Crippen molar-refractivity contribution in [2.24, 2.45) is 28.6 Å². The summed E-state index contributed by atoms with van der Waals surface area (Å²) in [4.78, 5) is 23.5. The molecule has 0 unspecified atom stereocenters. The van der Waals surface area contributed by atoms with Crippen molar-refractivity contribution < 1.29 is 4.79 Å². The second kappa shape index (κ2) is 7.66. The van der Waals surface area contributed by atoms with Crippen LogP contribution in [0.5, 0.6) is 0 Å². The van der Waals surface area contributed by atoms with Gasteiger partial charge in [-0.2, -0.15) is 0 Å². The van der Waals surface area contributed by atoms with E-state index in [1.165, 1.54) is 37.8 Å². The molecule has 3 saturated carbocycles. The molecule has 33 heavy (non-hydrogen) atoms. The van der Waals surface area contributed by atoms with Crippen molar-refractivity contribution in [3.8, 4) is 0 Å². The monoisotopic (exact) mass is 462 g/mol. The number of rotatable bonds is 3. The molecule has 0 saturated heterocycles. The molecule has 3 fully saturated rings. The van der Waals surface area contributed by atoms with E-state index in [9.17, 15) is 4.79 Å². The van der Waals surface area contributed by atoms with Gasteiger partial charge in [0, 0.05) is 47.9 Å². The fourth-order valence-electron chi connectivity index (χ4n) is 8.29. The molecule has 0 radical (unpaired) electrons. The van der Waals surface area contributed by atoms with E-state index < -0.39 is 0 Å². The summed E-state index contributed by atoms with van der Waals surface area (Å²) >= 11 is 1.72. The predicted molar refractivity (Wildman–Crippen MR) is 132 cm³/mol. The number of thiazole rings is 1. The Balaban J connectivity index is 1.24. The highest BCUT2D eigenvalue weighted by Crippen LogP contribution is 2.67. The number of carbonyl (C=O) groups is 1. The fraction of sp³-hybridized carbons (Fsp3) is 0.593. The number of anilines is 2. The summed E-state index contributed by atoms with van der Waals surface area (Å²) in [5, 5.41) is 6.71. The van der Waals surface area contributed by atoms with E-state index in [1.54, 1.807) is 11.3 Å². The molecule has 174 valence electrons. The van der Waals surface area contributed by atoms with E-state index in [1.807, 2.05) is 42.6 Å². The molecule has 2 aromatic heterocycles. The smallest absolute Gasteiger partial charge is 0.246 e. The first-order chi connectivity index (χ1) is 15.9. The standard InChI is InChI=1S/C27H34N4OS/c1-26-12-8-20-18(4-7-23-27(20,2)13-9-24(32)31(23)3)19(26)5-6-21(26)22-16-33-25(30-22)29-17-10-14-28-15-11-17/h9-11,13-16,18-21,23H,4-8,12H2,1-3H3,(H,28,29,30)/t18-,19-,20-,21+,23+,26-,27+/m0/s1. The lowest BCUT2D eigenvalue weighted by atomic mass is 9.47. The normalized spacial score (nSPS) is 39.7. The van der Waals surface area contributed by atoms with E-state index in [0.717, 1.165) is 29.1 Å². The van der Waals surface area contributed by atoms with Gasteiger partial charge in [0.05, 0.1) is 5.69 Å². The number of hydrogen-bond donors (Lipinski definition) is 1. The largest absolute Gasteiger partial charge is 0.338 e. The van der Waals surface area contributed by atoms with Gasteiger partial charge in [0.15, 0.2) is 5.13 Å². The number of likely N-dealkylation sites (N-methyl/N-ethyl adjacent to an activating group) is 1. The maximum absolute atomic E-state index is 12.3. The van der Waals surface area contributed by atoms with Crippen LogP contribution in [0, 0.1) is 28.6 Å². The first-order valence-electron chi connectivity index (χ1n) is 12.5. The van der Waals surface area contributed by atoms with E-state index >= 15 is 0 Å². The third-order valence-corrected chi connectivity index (χ3v) is 10.7. The average Bonchev–Trinajstić information content (AvgIpc) is 3.41. The van der Waals surface area contributed by atoms with E-state index in [2.05, 4.69) is 35.6 Å². The zero-order valence-corrected chi connectivity index (χ0v) is 20.6. The van der Waals surface area contributed by atoms with Crippen LogP contribution in [0.2, 0.25) is 0 Å². The third-order valence-electron chi connectivity index (χ3n) is 9.94. The zero-order valence-electron chi connectivity index (χ0n) is 19.8. The Kier molecular flexibility index (Phi) is 4.95. The van der Waals surface area contributed by atoms with Crippen molar-refractivity contribution >= 4 is 28.1 Å². The van der Waals surface area contributed by atoms with E-state index in [0.29, 0.717) is 23.3 Å². The van der Waals surface area contributed by atoms with Crippen molar-refractivity contribution in [1.29, 1.82) is 0 Å². The first-order valence-corrected chi connectivity index (χ1v) is 13.4. The number of fused-ring (bicyclic) bond motifs is 5. The van der Waals surface area contributed by atoms with Crippen molar-refractivity contribution in [3.63, 3.8) is 0 Å². The Bertz CT molecular complexity index is 1080. The maximum atomic E-state index is 12.3. The van der Waals surface area contributed by atoms with Gasteiger partial charge in [-0.3, -0.25) is 9.78 Å². The zero-order chi connectivity index (χ0) is 22.8. The summed E-state index contributed by atoms with van der Waals surface area (Å²) < 4.78 is 0. The molecular weight excluding hydrogens is 428 g/mol. The minimum absolute atomic E-state index is 0.118. The number of carbonyl (C=O) groups excluding carboxylic acids is 1. The Morgan fingerprint density at radius 3 is 2.73 bits per heavy atom. The minimum atomic E-state index is 0.118. The van der Waals surface area contributed by atoms with Crippen LogP contribution in [0.3, 0.4) is 0 Å². The second-order valence-electron chi connectivity index (χ2n) is 11.2. The number of amides is 1. The molecule has 6 rings (SSSR count). The van der Waals surface area contributed by atoms with Crippen LogP contribution >= 0.6 is 11.3 Å². The third kappa shape index (κ3) is 3.20. The van der Waals surface area contributed by atoms with Gasteiger partial charge in [0.2, 0.25) is 5.91 Å². The van der Waals surface area contributed by atoms with E-state index in [4.69, 9.17) is 4.98 Å². The van der Waals surface area contributed by atoms with Gasteiger partial charge in [-0.25, -0.2) is 4.98 Å². The Labute approximate surface area is 200 Å². The summed E-state index contributed by atoms with van der Waals surface area (Å²) in [7, 11) is 2.01. The summed E-state index contributed by atoms with van der Waals surface area (Å²) in [5.41, 5.74) is 2.76. The number of hydrogen-bond acceptors (Lipinski definition) is 5. The topological polar surface area (TPSA) is 58.1 Å². The molecule has 0 bridgehead atoms. The molecule has 0 spiro atoms. The molecule has 0 aromatic carbocycles. The van der Waals surface area contributed by atoms with Gasteiger partial charge in [0.25, 0.3) is 0 Å². The molecule has 1 aliphatic heterocycles. The average molecular weight is 463 g/mol. The molecule has 1 amide bonds. The highest BCUT2D eigenvalue weighted by atomic mass is 32.1. The van der Waals surface area contributed by atoms with Crippen molar-refractivity contribution in [1.82, 2.24) is 14.9 Å². The fourth-order valence-corrected chi connectivity index (χ4v) is 9.07. The predicted octanol–water partition coefficient (Wildman–Crippen LogP) is 6.00. The SMILES string of the molecule is CN1C(=O)C=C[C@]2(C)[C@H]3CC[C@]4(C)[C@@H](c5csc(Nc6ccncc6)n5)CC[C@H]4[C@@H]3CC[C@@H]12. The van der Waals surface area contributed by atoms with Gasteiger partial charge in [0.1, 0.15) is 0 Å². The quantitative estimate of drug-likeness (QED) is 0.607. The number of pyridine rings is 1. The van der Waals surface area contributed by atoms with Gasteiger partial charge in [-0.05, 0) is 79.9 Å². The number of nitrogens with one attached hydrogen (secondary N) is 1. The van der Waals surface area contributed by atoms with Gasteiger partial charge in [-0.1, -0.05) is 19.9 Å². The number of aromatic nitrogens is 2. The molecule has 4 aliphatic rings. The lowest BCUT2D eigenvalue weighted by molar-refractivity contribution is -0.138. The highest BCUT2D eigenvalue weighted by molar-refractivity contribution is 7.13. The van der Waals surface area contributed by atoms with Gasteiger partial charge < -0.3 is 10.2 Å². The van der Waals surface area contributed by atoms with Crippen molar-refractivity contribution in [2.75, 3.05) is 12.4 Å². The van der Waals surface area contributed by atoms with E-state index in [-0.39, 0.29) is 11.3 Å². The second-order valence-corrected chi connectivity index (χ2v) is 12.1. The molecule has 3 aliphatic carbocycles. The number of nitrogens with zero attached hydrogens (tertiary/aromatic N) is 3. The molecule has 7 atom stereocenters. The minimum Gasteiger partial charge on any atom is -0.338 e. The summed E-state index contributed by atoms with van der Waals surface area (Å²) in [6.07, 6.45) is 15.2. The molecule has 1 N–H and O–H groups in total. The molecule has 3 heterocycles. The van der Waals surface area contributed by atoms with Crippen LogP contribution in [0.15, 0.2) is 42.1 Å². The maximum Gasteiger partial charge on any atom is 0.246 e. The van der Waals surface area contributed by atoms with Crippen LogP contribution in [-0.4, -0.2) is 33.9 Å². The first kappa shape index (κ1) is 21.3. The molecular formula is C27H34N4OS. The lowest BCUT2D eigenvalue weighted by Crippen LogP contribution is -2.59. The van der Waals surface area contributed by atoms with Crippen LogP contribution < -0.4 is 5.32 Å². The Morgan fingerprint density at radius 2 is 1.91 bits per heavy atom. The van der Waals surface area contributed by atoms with Gasteiger partial charge >= 0.3 is 0 Å². The molecule has 2 aromatic rings. The molecule has 5 nitrogen and oxygen atoms in total. The van der Waals surface area contributed by atoms with Crippen LogP contribution in [-0.2, 0) is 4.79 Å². The van der Waals surface area contributed by atoms with Crippen molar-refractivity contribution in [2.45, 2.75) is 64.3 Å². The summed E-state index contributed by atoms with van der Waals surface area (Å²) in [5.74, 6) is 2.92. The van der Waals surface area contributed by atoms with Crippen LogP contribution in [0.1, 0.15) is 64.0 Å². The lowest BCUT2D eigenvalue weighted by Gasteiger charge is -2.60. The van der Waals surface area contributed by atoms with Crippen LogP contribution in [0.4, 0.5) is 10.8 Å². The van der Waals surface area contributed by atoms with Gasteiger partial charge in [-0.15, -0.1) is 11.3 Å². The summed E-state index contributed by atoms with van der Waals surface area (Å²) in [6.45, 7) is 4.99.